The number of carbonyl (C=O) groups is 2. The number of para-hydroxylation sites is 2. The molecule has 2 aliphatic heterocycles. The van der Waals surface area contributed by atoms with Crippen LogP contribution in [0.1, 0.15) is 5.56 Å². The maximum Gasteiger partial charge on any atom is 0.267 e. The maximum absolute atomic E-state index is 12.8. The molecule has 4 rings (SSSR count). The highest BCUT2D eigenvalue weighted by atomic mass is 35.5. The molecule has 0 aliphatic carbocycles. The Morgan fingerprint density at radius 2 is 1.92 bits per heavy atom. The molecule has 1 spiro atoms. The summed E-state index contributed by atoms with van der Waals surface area (Å²) in [5.74, 6) is -0.337. The molecule has 6 nitrogen and oxygen atoms in total. The number of halogens is 1. The normalized spacial score (nSPS) is 20.9. The van der Waals surface area contributed by atoms with Gasteiger partial charge in [0.25, 0.3) is 11.8 Å². The number of rotatable bonds is 2. The highest BCUT2D eigenvalue weighted by molar-refractivity contribution is 8.02. The zero-order valence-electron chi connectivity index (χ0n) is 13.3. The van der Waals surface area contributed by atoms with Crippen LogP contribution in [0.4, 0.5) is 11.4 Å². The molecule has 2 heterocycles. The van der Waals surface area contributed by atoms with E-state index in [9.17, 15) is 9.59 Å². The minimum Gasteiger partial charge on any atom is -0.330 e. The van der Waals surface area contributed by atoms with Gasteiger partial charge in [-0.25, -0.2) is 5.01 Å². The van der Waals surface area contributed by atoms with Crippen molar-refractivity contribution in [3.63, 3.8) is 0 Å². The monoisotopic (exact) mass is 404 g/mol. The third-order valence-electron chi connectivity index (χ3n) is 4.15. The lowest BCUT2D eigenvalue weighted by atomic mass is 10.1. The van der Waals surface area contributed by atoms with Crippen molar-refractivity contribution >= 4 is 63.9 Å². The molecule has 2 amide bonds. The van der Waals surface area contributed by atoms with Crippen molar-refractivity contribution in [1.82, 2.24) is 10.4 Å². The molecule has 3 N–H and O–H groups in total. The van der Waals surface area contributed by atoms with E-state index >= 15 is 0 Å². The first-order valence-corrected chi connectivity index (χ1v) is 9.50. The number of nitrogens with zero attached hydrogens (tertiary/aromatic N) is 1. The van der Waals surface area contributed by atoms with Crippen LogP contribution >= 0.6 is 35.6 Å². The fourth-order valence-electron chi connectivity index (χ4n) is 3.01. The van der Waals surface area contributed by atoms with Gasteiger partial charge in [-0.3, -0.25) is 15.0 Å². The van der Waals surface area contributed by atoms with Gasteiger partial charge in [0.2, 0.25) is 4.87 Å². The number of benzene rings is 2. The summed E-state index contributed by atoms with van der Waals surface area (Å²) < 4.78 is 0. The number of anilines is 2. The molecule has 2 aromatic rings. The van der Waals surface area contributed by atoms with Gasteiger partial charge >= 0.3 is 0 Å². The highest BCUT2D eigenvalue weighted by Gasteiger charge is 2.58. The highest BCUT2D eigenvalue weighted by Crippen LogP contribution is 2.51. The lowest BCUT2D eigenvalue weighted by molar-refractivity contribution is -0.138. The topological polar surface area (TPSA) is 73.5 Å². The van der Waals surface area contributed by atoms with E-state index in [0.29, 0.717) is 16.4 Å². The second kappa shape index (κ2) is 6.46. The second-order valence-electron chi connectivity index (χ2n) is 5.71. The van der Waals surface area contributed by atoms with Gasteiger partial charge < -0.3 is 10.6 Å². The lowest BCUT2D eigenvalue weighted by Crippen LogP contribution is -2.56. The summed E-state index contributed by atoms with van der Waals surface area (Å²) in [5, 5.41) is 7.76. The summed E-state index contributed by atoms with van der Waals surface area (Å²) in [6.45, 7) is 0. The van der Waals surface area contributed by atoms with Crippen LogP contribution in [0.5, 0.6) is 0 Å². The minimum atomic E-state index is -1.18. The van der Waals surface area contributed by atoms with Crippen LogP contribution in [0.25, 0.3) is 0 Å². The molecule has 0 aromatic heterocycles. The number of carbonyl (C=O) groups excluding carboxylic acids is 2. The van der Waals surface area contributed by atoms with E-state index in [1.54, 1.807) is 18.2 Å². The molecule has 1 fully saturated rings. The fourth-order valence-corrected chi connectivity index (χ4v) is 4.65. The first kappa shape index (κ1) is 17.1. The van der Waals surface area contributed by atoms with Gasteiger partial charge in [-0.15, -0.1) is 11.8 Å². The first-order chi connectivity index (χ1) is 12.5. The Morgan fingerprint density at radius 3 is 2.73 bits per heavy atom. The Balaban J connectivity index is 1.63. The Hall–Kier alpha value is -2.29. The SMILES string of the molecule is O=C1CSC2(C(=O)Nc3ccccc32)N1NC(=S)Nc1ccccc1Cl. The Morgan fingerprint density at radius 1 is 1.19 bits per heavy atom. The molecule has 1 saturated heterocycles. The van der Waals surface area contributed by atoms with Crippen LogP contribution < -0.4 is 16.1 Å². The van der Waals surface area contributed by atoms with Gasteiger partial charge in [-0.2, -0.15) is 0 Å². The largest absolute Gasteiger partial charge is 0.330 e. The van der Waals surface area contributed by atoms with E-state index in [2.05, 4.69) is 16.1 Å². The summed E-state index contributed by atoms with van der Waals surface area (Å²) >= 11 is 12.7. The summed E-state index contributed by atoms with van der Waals surface area (Å²) in [6, 6.07) is 14.4. The summed E-state index contributed by atoms with van der Waals surface area (Å²) in [4.78, 5) is 24.1. The zero-order chi connectivity index (χ0) is 18.3. The molecule has 1 atom stereocenters. The predicted molar refractivity (Wildman–Crippen MR) is 107 cm³/mol. The van der Waals surface area contributed by atoms with Gasteiger partial charge in [-0.1, -0.05) is 41.9 Å². The van der Waals surface area contributed by atoms with E-state index in [4.69, 9.17) is 23.8 Å². The molecule has 0 saturated carbocycles. The number of amides is 2. The van der Waals surface area contributed by atoms with Crippen molar-refractivity contribution in [2.24, 2.45) is 0 Å². The van der Waals surface area contributed by atoms with E-state index in [-0.39, 0.29) is 22.7 Å². The van der Waals surface area contributed by atoms with Crippen LogP contribution in [0.2, 0.25) is 5.02 Å². The van der Waals surface area contributed by atoms with E-state index in [1.807, 2.05) is 30.3 Å². The van der Waals surface area contributed by atoms with Crippen LogP contribution in [0.15, 0.2) is 48.5 Å². The summed E-state index contributed by atoms with van der Waals surface area (Å²) in [7, 11) is 0. The van der Waals surface area contributed by atoms with E-state index in [0.717, 1.165) is 5.56 Å². The van der Waals surface area contributed by atoms with Gasteiger partial charge in [0.1, 0.15) is 0 Å². The number of hydrogen-bond donors (Lipinski definition) is 3. The second-order valence-corrected chi connectivity index (χ2v) is 7.69. The Kier molecular flexibility index (Phi) is 4.26. The van der Waals surface area contributed by atoms with E-state index in [1.165, 1.54) is 16.8 Å². The van der Waals surface area contributed by atoms with Crippen molar-refractivity contribution < 1.29 is 9.59 Å². The van der Waals surface area contributed by atoms with Gasteiger partial charge in [0.15, 0.2) is 5.11 Å². The number of thiocarbonyl (C=S) groups is 1. The van der Waals surface area contributed by atoms with Gasteiger partial charge in [-0.05, 0) is 30.4 Å². The van der Waals surface area contributed by atoms with Crippen molar-refractivity contribution in [3.8, 4) is 0 Å². The number of hydrogen-bond acceptors (Lipinski definition) is 4. The number of thioether (sulfide) groups is 1. The molecule has 26 heavy (non-hydrogen) atoms. The number of nitrogens with one attached hydrogen (secondary N) is 3. The molecule has 2 aliphatic rings. The average Bonchev–Trinajstić information content (AvgIpc) is 3.10. The van der Waals surface area contributed by atoms with Crippen molar-refractivity contribution in [1.29, 1.82) is 0 Å². The fraction of sp³-hybridized carbons (Fsp3) is 0.118. The molecular weight excluding hydrogens is 392 g/mol. The van der Waals surface area contributed by atoms with Gasteiger partial charge in [0.05, 0.1) is 16.5 Å². The number of hydrazine groups is 1. The quantitative estimate of drug-likeness (QED) is 0.668. The number of fused-ring (bicyclic) bond motifs is 2. The first-order valence-electron chi connectivity index (χ1n) is 7.72. The average molecular weight is 405 g/mol. The molecule has 2 aromatic carbocycles. The predicted octanol–water partition coefficient (Wildman–Crippen LogP) is 2.92. The smallest absolute Gasteiger partial charge is 0.267 e. The Bertz CT molecular complexity index is 938. The van der Waals surface area contributed by atoms with Gasteiger partial charge in [0, 0.05) is 11.3 Å². The molecule has 9 heteroatoms. The molecular formula is C17H13ClN4O2S2. The molecule has 0 radical (unpaired) electrons. The molecule has 132 valence electrons. The van der Waals surface area contributed by atoms with E-state index < -0.39 is 4.87 Å². The summed E-state index contributed by atoms with van der Waals surface area (Å²) in [6.07, 6.45) is 0. The molecule has 1 unspecified atom stereocenters. The van der Waals surface area contributed by atoms with Crippen LogP contribution in [0, 0.1) is 0 Å². The lowest BCUT2D eigenvalue weighted by Gasteiger charge is -2.32. The molecule has 0 bridgehead atoms. The summed E-state index contributed by atoms with van der Waals surface area (Å²) in [5.41, 5.74) is 4.90. The minimum absolute atomic E-state index is 0.170. The van der Waals surface area contributed by atoms with Crippen LogP contribution in [-0.2, 0) is 14.5 Å². The van der Waals surface area contributed by atoms with Crippen molar-refractivity contribution in [3.05, 3.63) is 59.1 Å². The Labute approximate surface area is 164 Å². The van der Waals surface area contributed by atoms with Crippen molar-refractivity contribution in [2.45, 2.75) is 4.87 Å². The third kappa shape index (κ3) is 2.61. The maximum atomic E-state index is 12.8. The standard InChI is InChI=1S/C17H13ClN4O2S2/c18-11-6-2-4-8-13(11)20-16(25)21-22-14(23)9-26-17(22)10-5-1-3-7-12(10)19-15(17)24/h1-8H,9H2,(H,19,24)(H2,20,21,25). The van der Waals surface area contributed by atoms with Crippen LogP contribution in [-0.4, -0.2) is 27.7 Å². The third-order valence-corrected chi connectivity index (χ3v) is 6.07. The zero-order valence-corrected chi connectivity index (χ0v) is 15.7. The van der Waals surface area contributed by atoms with Crippen LogP contribution in [0.3, 0.4) is 0 Å². The van der Waals surface area contributed by atoms with Crippen molar-refractivity contribution in [2.75, 3.05) is 16.4 Å².